The highest BCUT2D eigenvalue weighted by atomic mass is 15.2. The normalized spacial score (nSPS) is 25.0. The first-order valence-corrected chi connectivity index (χ1v) is 8.20. The molecule has 1 rings (SSSR count). The average molecular weight is 254 g/mol. The van der Waals surface area contributed by atoms with Crippen LogP contribution in [0.2, 0.25) is 0 Å². The molecule has 0 aromatic carbocycles. The summed E-state index contributed by atoms with van der Waals surface area (Å²) in [6, 6.07) is 1.52. The summed E-state index contributed by atoms with van der Waals surface area (Å²) in [7, 11) is 0. The van der Waals surface area contributed by atoms with Gasteiger partial charge >= 0.3 is 0 Å². The largest absolute Gasteiger partial charge is 0.312 e. The van der Waals surface area contributed by atoms with Crippen molar-refractivity contribution in [2.75, 3.05) is 19.6 Å². The molecule has 1 fully saturated rings. The zero-order chi connectivity index (χ0) is 13.4. The van der Waals surface area contributed by atoms with E-state index in [4.69, 9.17) is 0 Å². The molecule has 0 aliphatic carbocycles. The van der Waals surface area contributed by atoms with Crippen LogP contribution in [0, 0.1) is 5.92 Å². The van der Waals surface area contributed by atoms with Gasteiger partial charge in [0.15, 0.2) is 0 Å². The molecule has 0 amide bonds. The Balaban J connectivity index is 2.51. The molecule has 0 radical (unpaired) electrons. The number of hydrogen-bond donors (Lipinski definition) is 1. The van der Waals surface area contributed by atoms with Crippen LogP contribution >= 0.6 is 0 Å². The van der Waals surface area contributed by atoms with Gasteiger partial charge in [-0.25, -0.2) is 0 Å². The van der Waals surface area contributed by atoms with Crippen molar-refractivity contribution in [2.45, 2.75) is 78.3 Å². The van der Waals surface area contributed by atoms with Gasteiger partial charge in [0.05, 0.1) is 0 Å². The summed E-state index contributed by atoms with van der Waals surface area (Å²) in [4.78, 5) is 2.75. The van der Waals surface area contributed by atoms with Crippen molar-refractivity contribution < 1.29 is 0 Å². The molecule has 0 aromatic rings. The van der Waals surface area contributed by atoms with Gasteiger partial charge in [-0.3, -0.25) is 4.90 Å². The predicted octanol–water partition coefficient (Wildman–Crippen LogP) is 3.67. The molecular formula is C16H34N2. The minimum absolute atomic E-state index is 0.682. The summed E-state index contributed by atoms with van der Waals surface area (Å²) in [6.45, 7) is 13.1. The summed E-state index contributed by atoms with van der Waals surface area (Å²) >= 11 is 0. The third-order valence-electron chi connectivity index (χ3n) is 4.64. The van der Waals surface area contributed by atoms with Crippen molar-refractivity contribution in [3.63, 3.8) is 0 Å². The minimum Gasteiger partial charge on any atom is -0.312 e. The molecule has 2 nitrogen and oxygen atoms in total. The van der Waals surface area contributed by atoms with Crippen LogP contribution in [0.25, 0.3) is 0 Å². The number of rotatable bonds is 8. The van der Waals surface area contributed by atoms with Gasteiger partial charge in [-0.2, -0.15) is 0 Å². The molecule has 3 unspecified atom stereocenters. The van der Waals surface area contributed by atoms with Crippen LogP contribution in [0.15, 0.2) is 0 Å². The number of hydrogen-bond acceptors (Lipinski definition) is 2. The third-order valence-corrected chi connectivity index (χ3v) is 4.64. The fourth-order valence-electron chi connectivity index (χ4n) is 3.08. The van der Waals surface area contributed by atoms with Crippen LogP contribution < -0.4 is 5.32 Å². The maximum atomic E-state index is 3.77. The molecule has 3 atom stereocenters. The molecule has 18 heavy (non-hydrogen) atoms. The van der Waals surface area contributed by atoms with E-state index in [-0.39, 0.29) is 0 Å². The van der Waals surface area contributed by atoms with E-state index in [0.717, 1.165) is 12.0 Å². The summed E-state index contributed by atoms with van der Waals surface area (Å²) in [5, 5.41) is 3.77. The first kappa shape index (κ1) is 16.0. The lowest BCUT2D eigenvalue weighted by Gasteiger charge is -2.39. The topological polar surface area (TPSA) is 15.3 Å². The smallest absolute Gasteiger partial charge is 0.0220 e. The van der Waals surface area contributed by atoms with Gasteiger partial charge in [-0.15, -0.1) is 0 Å². The second-order valence-electron chi connectivity index (χ2n) is 6.00. The van der Waals surface area contributed by atoms with Crippen molar-refractivity contribution in [1.82, 2.24) is 10.2 Å². The zero-order valence-electron chi connectivity index (χ0n) is 13.0. The quantitative estimate of drug-likeness (QED) is 0.711. The second-order valence-corrected chi connectivity index (χ2v) is 6.00. The maximum Gasteiger partial charge on any atom is 0.0220 e. The maximum absolute atomic E-state index is 3.77. The first-order valence-electron chi connectivity index (χ1n) is 8.20. The Kier molecular flexibility index (Phi) is 7.92. The van der Waals surface area contributed by atoms with E-state index in [0.29, 0.717) is 6.04 Å². The molecule has 0 spiro atoms. The van der Waals surface area contributed by atoms with Crippen LogP contribution in [0.1, 0.15) is 66.2 Å². The van der Waals surface area contributed by atoms with E-state index in [1.165, 1.54) is 58.2 Å². The third kappa shape index (κ3) is 4.89. The highest BCUT2D eigenvalue weighted by molar-refractivity contribution is 4.82. The highest BCUT2D eigenvalue weighted by Crippen LogP contribution is 2.21. The Morgan fingerprint density at radius 3 is 2.61 bits per heavy atom. The number of nitrogens with zero attached hydrogens (tertiary/aromatic N) is 1. The Morgan fingerprint density at radius 2 is 2.00 bits per heavy atom. The fraction of sp³-hybridized carbons (Fsp3) is 1.00. The van der Waals surface area contributed by atoms with Crippen LogP contribution in [-0.2, 0) is 0 Å². The highest BCUT2D eigenvalue weighted by Gasteiger charge is 2.25. The van der Waals surface area contributed by atoms with E-state index in [1.807, 2.05) is 0 Å². The first-order chi connectivity index (χ1) is 8.72. The van der Waals surface area contributed by atoms with E-state index in [9.17, 15) is 0 Å². The van der Waals surface area contributed by atoms with Gasteiger partial charge in [-0.05, 0) is 44.7 Å². The van der Waals surface area contributed by atoms with E-state index in [1.54, 1.807) is 0 Å². The summed E-state index contributed by atoms with van der Waals surface area (Å²) < 4.78 is 0. The van der Waals surface area contributed by atoms with Crippen LogP contribution in [-0.4, -0.2) is 36.6 Å². The molecule has 1 heterocycles. The second kappa shape index (κ2) is 8.92. The average Bonchev–Trinajstić information content (AvgIpc) is 2.42. The van der Waals surface area contributed by atoms with Gasteiger partial charge in [0, 0.05) is 18.6 Å². The zero-order valence-corrected chi connectivity index (χ0v) is 13.0. The molecule has 0 saturated carbocycles. The van der Waals surface area contributed by atoms with Gasteiger partial charge in [0.1, 0.15) is 0 Å². The van der Waals surface area contributed by atoms with Crippen molar-refractivity contribution in [1.29, 1.82) is 0 Å². The number of piperidine rings is 1. The predicted molar refractivity (Wildman–Crippen MR) is 81.0 cm³/mol. The van der Waals surface area contributed by atoms with E-state index < -0.39 is 0 Å². The van der Waals surface area contributed by atoms with Crippen LogP contribution in [0.5, 0.6) is 0 Å². The lowest BCUT2D eigenvalue weighted by Crippen LogP contribution is -2.49. The molecule has 108 valence electrons. The van der Waals surface area contributed by atoms with E-state index in [2.05, 4.69) is 37.9 Å². The summed E-state index contributed by atoms with van der Waals surface area (Å²) in [5.41, 5.74) is 0. The minimum atomic E-state index is 0.682. The Bertz CT molecular complexity index is 205. The summed E-state index contributed by atoms with van der Waals surface area (Å²) in [6.07, 6.45) is 8.09. The number of likely N-dealkylation sites (tertiary alicyclic amines) is 1. The monoisotopic (exact) mass is 254 g/mol. The van der Waals surface area contributed by atoms with Crippen molar-refractivity contribution in [3.05, 3.63) is 0 Å². The van der Waals surface area contributed by atoms with Gasteiger partial charge in [-0.1, -0.05) is 40.5 Å². The van der Waals surface area contributed by atoms with Gasteiger partial charge in [0.2, 0.25) is 0 Å². The molecule has 1 aliphatic heterocycles. The van der Waals surface area contributed by atoms with Gasteiger partial charge < -0.3 is 5.32 Å². The molecule has 0 aromatic heterocycles. The van der Waals surface area contributed by atoms with Crippen LogP contribution in [0.4, 0.5) is 0 Å². The van der Waals surface area contributed by atoms with Gasteiger partial charge in [0.25, 0.3) is 0 Å². The lowest BCUT2D eigenvalue weighted by atomic mass is 9.94. The van der Waals surface area contributed by atoms with E-state index >= 15 is 0 Å². The molecule has 2 heteroatoms. The molecule has 1 saturated heterocycles. The lowest BCUT2D eigenvalue weighted by molar-refractivity contribution is 0.117. The fourth-order valence-corrected chi connectivity index (χ4v) is 3.08. The molecule has 1 aliphatic rings. The molecule has 0 bridgehead atoms. The Hall–Kier alpha value is -0.0800. The molecular weight excluding hydrogens is 220 g/mol. The SMILES string of the molecule is CCCNC(CN1CCCCC1CC)C(C)CC. The summed E-state index contributed by atoms with van der Waals surface area (Å²) in [5.74, 6) is 0.788. The Morgan fingerprint density at radius 1 is 1.22 bits per heavy atom. The Labute approximate surface area is 115 Å². The molecule has 1 N–H and O–H groups in total. The standard InChI is InChI=1S/C16H34N2/c1-5-11-17-16(14(4)6-2)13-18-12-9-8-10-15(18)7-3/h14-17H,5-13H2,1-4H3. The number of nitrogens with one attached hydrogen (secondary N) is 1. The van der Waals surface area contributed by atoms with Crippen molar-refractivity contribution >= 4 is 0 Å². The van der Waals surface area contributed by atoms with Crippen molar-refractivity contribution in [2.24, 2.45) is 5.92 Å². The van der Waals surface area contributed by atoms with Crippen LogP contribution in [0.3, 0.4) is 0 Å². The van der Waals surface area contributed by atoms with Crippen molar-refractivity contribution in [3.8, 4) is 0 Å².